The van der Waals surface area contributed by atoms with Crippen LogP contribution in [-0.2, 0) is 10.0 Å². The Morgan fingerprint density at radius 3 is 2.50 bits per heavy atom. The first-order chi connectivity index (χ1) is 14.3. The van der Waals surface area contributed by atoms with E-state index >= 15 is 0 Å². The van der Waals surface area contributed by atoms with Crippen LogP contribution >= 0.6 is 34.5 Å². The molecule has 1 aromatic heterocycles. The van der Waals surface area contributed by atoms with Gasteiger partial charge in [0.2, 0.25) is 10.0 Å². The molecule has 10 heteroatoms. The second kappa shape index (κ2) is 9.62. The number of hydrogen-bond acceptors (Lipinski definition) is 5. The van der Waals surface area contributed by atoms with Crippen molar-refractivity contribution < 1.29 is 13.2 Å². The number of sulfonamides is 1. The lowest BCUT2D eigenvalue weighted by Crippen LogP contribution is -2.31. The molecule has 2 aromatic carbocycles. The molecule has 0 saturated heterocycles. The van der Waals surface area contributed by atoms with E-state index in [-0.39, 0.29) is 4.90 Å². The summed E-state index contributed by atoms with van der Waals surface area (Å²) >= 11 is 13.4. The van der Waals surface area contributed by atoms with Gasteiger partial charge < -0.3 is 0 Å². The van der Waals surface area contributed by atoms with Gasteiger partial charge in [-0.2, -0.15) is 4.31 Å². The van der Waals surface area contributed by atoms with Crippen LogP contribution in [0.3, 0.4) is 0 Å². The molecule has 0 bridgehead atoms. The van der Waals surface area contributed by atoms with E-state index in [1.165, 1.54) is 39.9 Å². The van der Waals surface area contributed by atoms with Crippen molar-refractivity contribution in [3.8, 4) is 0 Å². The van der Waals surface area contributed by atoms with Gasteiger partial charge in [0.05, 0.1) is 14.6 Å². The van der Waals surface area contributed by atoms with Crippen LogP contribution in [0.1, 0.15) is 37.0 Å². The third-order valence-electron chi connectivity index (χ3n) is 4.50. The molecule has 0 atom stereocenters. The fourth-order valence-electron chi connectivity index (χ4n) is 2.89. The third kappa shape index (κ3) is 4.95. The number of carbonyl (C=O) groups is 1. The third-order valence-corrected chi connectivity index (χ3v) is 7.91. The minimum Gasteiger partial charge on any atom is -0.298 e. The van der Waals surface area contributed by atoms with Crippen LogP contribution in [0.5, 0.6) is 0 Å². The second-order valence-corrected chi connectivity index (χ2v) is 10.4. The van der Waals surface area contributed by atoms with Crippen LogP contribution in [-0.4, -0.2) is 36.7 Å². The highest BCUT2D eigenvalue weighted by Crippen LogP contribution is 2.33. The minimum absolute atomic E-state index is 0.165. The average Bonchev–Trinajstić information content (AvgIpc) is 3.11. The van der Waals surface area contributed by atoms with Gasteiger partial charge >= 0.3 is 0 Å². The quantitative estimate of drug-likeness (QED) is 0.445. The number of carbonyl (C=O) groups excluding carboxylic acids is 1. The number of hydrogen-bond donors (Lipinski definition) is 1. The Labute approximate surface area is 189 Å². The molecule has 0 saturated carbocycles. The Bertz CT molecular complexity index is 1160. The van der Waals surface area contributed by atoms with E-state index in [0.29, 0.717) is 39.3 Å². The molecule has 6 nitrogen and oxygen atoms in total. The van der Waals surface area contributed by atoms with Crippen molar-refractivity contribution in [2.24, 2.45) is 0 Å². The van der Waals surface area contributed by atoms with Gasteiger partial charge in [-0.3, -0.25) is 10.1 Å². The molecule has 3 aromatic rings. The average molecular weight is 486 g/mol. The molecule has 1 heterocycles. The first-order valence-electron chi connectivity index (χ1n) is 9.43. The molecule has 3 rings (SSSR count). The van der Waals surface area contributed by atoms with Crippen molar-refractivity contribution >= 4 is 65.8 Å². The number of halogens is 2. The number of nitrogens with one attached hydrogen (secondary N) is 1. The minimum atomic E-state index is -3.59. The fraction of sp³-hybridized carbons (Fsp3) is 0.300. The summed E-state index contributed by atoms with van der Waals surface area (Å²) in [7, 11) is -3.59. The Balaban J connectivity index is 1.77. The van der Waals surface area contributed by atoms with E-state index in [4.69, 9.17) is 23.2 Å². The van der Waals surface area contributed by atoms with Crippen molar-refractivity contribution in [2.45, 2.75) is 31.6 Å². The summed E-state index contributed by atoms with van der Waals surface area (Å²) in [5.74, 6) is -0.390. The number of unbranched alkanes of at least 4 members (excludes halogenated alkanes) is 1. The summed E-state index contributed by atoms with van der Waals surface area (Å²) in [6.45, 7) is 4.70. The largest absolute Gasteiger partial charge is 0.298 e. The molecule has 0 unspecified atom stereocenters. The van der Waals surface area contributed by atoms with E-state index in [0.717, 1.165) is 17.5 Å². The maximum absolute atomic E-state index is 12.8. The predicted octanol–water partition coefficient (Wildman–Crippen LogP) is 5.67. The number of amides is 1. The maximum atomic E-state index is 12.8. The number of anilines is 1. The van der Waals surface area contributed by atoms with E-state index in [2.05, 4.69) is 10.3 Å². The topological polar surface area (TPSA) is 79.4 Å². The van der Waals surface area contributed by atoms with Crippen LogP contribution in [0.15, 0.2) is 41.3 Å². The molecule has 30 heavy (non-hydrogen) atoms. The fourth-order valence-corrected chi connectivity index (χ4v) is 5.96. The molecule has 0 spiro atoms. The monoisotopic (exact) mass is 485 g/mol. The summed E-state index contributed by atoms with van der Waals surface area (Å²) in [5, 5.41) is 4.00. The molecule has 0 aliphatic rings. The van der Waals surface area contributed by atoms with Crippen LogP contribution in [0, 0.1) is 0 Å². The molecule has 0 aliphatic carbocycles. The predicted molar refractivity (Wildman–Crippen MR) is 123 cm³/mol. The zero-order valence-electron chi connectivity index (χ0n) is 16.5. The van der Waals surface area contributed by atoms with Gasteiger partial charge in [-0.25, -0.2) is 13.4 Å². The SMILES string of the molecule is CCCCN(CC)S(=O)(=O)c1ccc(C(=O)Nc2nc3c(Cl)cc(Cl)cc3s2)cc1. The number of fused-ring (bicyclic) bond motifs is 1. The van der Waals surface area contributed by atoms with Crippen molar-refractivity contribution in [3.63, 3.8) is 0 Å². The summed E-state index contributed by atoms with van der Waals surface area (Å²) in [6.07, 6.45) is 1.71. The zero-order chi connectivity index (χ0) is 21.9. The van der Waals surface area contributed by atoms with Gasteiger partial charge in [0.1, 0.15) is 5.52 Å². The molecular formula is C20H21Cl2N3O3S2. The molecule has 1 amide bonds. The number of aromatic nitrogens is 1. The van der Waals surface area contributed by atoms with E-state index in [1.807, 2.05) is 13.8 Å². The van der Waals surface area contributed by atoms with Gasteiger partial charge in [-0.05, 0) is 42.8 Å². The summed E-state index contributed by atoms with van der Waals surface area (Å²) in [6, 6.07) is 9.21. The first kappa shape index (κ1) is 23.0. The lowest BCUT2D eigenvalue weighted by Gasteiger charge is -2.20. The number of nitrogens with zero attached hydrogens (tertiary/aromatic N) is 2. The van der Waals surface area contributed by atoms with E-state index in [9.17, 15) is 13.2 Å². The summed E-state index contributed by atoms with van der Waals surface area (Å²) in [5.41, 5.74) is 0.892. The van der Waals surface area contributed by atoms with E-state index in [1.54, 1.807) is 12.1 Å². The smallest absolute Gasteiger partial charge is 0.257 e. The summed E-state index contributed by atoms with van der Waals surface area (Å²) in [4.78, 5) is 17.1. The lowest BCUT2D eigenvalue weighted by molar-refractivity contribution is 0.102. The normalized spacial score (nSPS) is 11.9. The number of thiazole rings is 1. The number of rotatable bonds is 8. The summed E-state index contributed by atoms with van der Waals surface area (Å²) < 4.78 is 27.8. The van der Waals surface area contributed by atoms with Crippen molar-refractivity contribution in [2.75, 3.05) is 18.4 Å². The van der Waals surface area contributed by atoms with Crippen LogP contribution < -0.4 is 5.32 Å². The van der Waals surface area contributed by atoms with Gasteiger partial charge in [-0.15, -0.1) is 0 Å². The molecule has 160 valence electrons. The zero-order valence-corrected chi connectivity index (χ0v) is 19.6. The van der Waals surface area contributed by atoms with E-state index < -0.39 is 15.9 Å². The molecule has 0 aliphatic heterocycles. The Kier molecular flexibility index (Phi) is 7.36. The van der Waals surface area contributed by atoms with Crippen molar-refractivity contribution in [3.05, 3.63) is 52.0 Å². The van der Waals surface area contributed by atoms with Crippen LogP contribution in [0.25, 0.3) is 10.2 Å². The first-order valence-corrected chi connectivity index (χ1v) is 12.4. The highest BCUT2D eigenvalue weighted by atomic mass is 35.5. The highest BCUT2D eigenvalue weighted by molar-refractivity contribution is 7.89. The van der Waals surface area contributed by atoms with Crippen LogP contribution in [0.2, 0.25) is 10.0 Å². The number of benzene rings is 2. The van der Waals surface area contributed by atoms with Crippen molar-refractivity contribution in [1.29, 1.82) is 0 Å². The van der Waals surface area contributed by atoms with Gasteiger partial charge in [-0.1, -0.05) is 54.8 Å². The lowest BCUT2D eigenvalue weighted by atomic mass is 10.2. The van der Waals surface area contributed by atoms with Gasteiger partial charge in [0.25, 0.3) is 5.91 Å². The molecule has 1 N–H and O–H groups in total. The Morgan fingerprint density at radius 1 is 1.17 bits per heavy atom. The van der Waals surface area contributed by atoms with Gasteiger partial charge in [0, 0.05) is 23.7 Å². The van der Waals surface area contributed by atoms with Crippen LogP contribution in [0.4, 0.5) is 5.13 Å². The standard InChI is InChI=1S/C20H21Cl2N3O3S2/c1-3-5-10-25(4-2)30(27,28)15-8-6-13(7-9-15)19(26)24-20-23-18-16(22)11-14(21)12-17(18)29-20/h6-9,11-12H,3-5,10H2,1-2H3,(H,23,24,26). The molecular weight excluding hydrogens is 465 g/mol. The maximum Gasteiger partial charge on any atom is 0.257 e. The van der Waals surface area contributed by atoms with Gasteiger partial charge in [0.15, 0.2) is 5.13 Å². The molecule has 0 fully saturated rings. The molecule has 0 radical (unpaired) electrons. The highest BCUT2D eigenvalue weighted by Gasteiger charge is 2.23. The Morgan fingerprint density at radius 2 is 1.87 bits per heavy atom. The second-order valence-electron chi connectivity index (χ2n) is 6.58. The Hall–Kier alpha value is -1.71. The van der Waals surface area contributed by atoms with Crippen molar-refractivity contribution in [1.82, 2.24) is 9.29 Å².